The van der Waals surface area contributed by atoms with E-state index in [4.69, 9.17) is 4.98 Å². The molecule has 1 saturated carbocycles. The van der Waals surface area contributed by atoms with Crippen LogP contribution >= 0.6 is 11.3 Å². The Morgan fingerprint density at radius 1 is 1.26 bits per heavy atom. The molecule has 100 valence electrons. The number of nitrogens with one attached hydrogen (secondary N) is 1. The number of hydrogen-bond acceptors (Lipinski definition) is 3. The van der Waals surface area contributed by atoms with Gasteiger partial charge >= 0.3 is 0 Å². The molecule has 1 aromatic carbocycles. The van der Waals surface area contributed by atoms with Gasteiger partial charge in [0, 0.05) is 23.4 Å². The van der Waals surface area contributed by atoms with E-state index in [2.05, 4.69) is 54.9 Å². The van der Waals surface area contributed by atoms with Gasteiger partial charge in [0.25, 0.3) is 0 Å². The van der Waals surface area contributed by atoms with Gasteiger partial charge in [-0.1, -0.05) is 30.3 Å². The fraction of sp³-hybridized carbons (Fsp3) is 0.438. The van der Waals surface area contributed by atoms with Gasteiger partial charge in [0.2, 0.25) is 0 Å². The van der Waals surface area contributed by atoms with Crippen LogP contribution in [0.3, 0.4) is 0 Å². The minimum atomic E-state index is -0.0102. The summed E-state index contributed by atoms with van der Waals surface area (Å²) >= 11 is 1.77. The zero-order chi connectivity index (χ0) is 13.3. The molecule has 2 nitrogen and oxygen atoms in total. The summed E-state index contributed by atoms with van der Waals surface area (Å²) in [6, 6.07) is 11.4. The highest BCUT2D eigenvalue weighted by molar-refractivity contribution is 7.09. The van der Waals surface area contributed by atoms with Gasteiger partial charge in [-0.2, -0.15) is 0 Å². The summed E-state index contributed by atoms with van der Waals surface area (Å²) in [5, 5.41) is 6.91. The summed E-state index contributed by atoms with van der Waals surface area (Å²) in [6.07, 6.45) is 2.65. The Kier molecular flexibility index (Phi) is 3.42. The molecule has 19 heavy (non-hydrogen) atoms. The molecule has 0 bridgehead atoms. The average Bonchev–Trinajstić information content (AvgIpc) is 3.13. The highest BCUT2D eigenvalue weighted by Crippen LogP contribution is 2.33. The molecular weight excluding hydrogens is 252 g/mol. The monoisotopic (exact) mass is 272 g/mol. The standard InChI is InChI=1S/C16H20N2S/c1-16(2,12-6-4-3-5-7-12)15-18-14(11-19-15)10-17-13-8-9-13/h3-7,11,13,17H,8-10H2,1-2H3. The maximum atomic E-state index is 4.81. The minimum Gasteiger partial charge on any atom is -0.308 e. The van der Waals surface area contributed by atoms with Crippen molar-refractivity contribution in [3.8, 4) is 0 Å². The third kappa shape index (κ3) is 2.88. The van der Waals surface area contributed by atoms with Crippen molar-refractivity contribution in [1.82, 2.24) is 10.3 Å². The van der Waals surface area contributed by atoms with E-state index < -0.39 is 0 Å². The zero-order valence-corrected chi connectivity index (χ0v) is 12.3. The average molecular weight is 272 g/mol. The SMILES string of the molecule is CC(C)(c1ccccc1)c1nc(CNC2CC2)cs1. The molecule has 1 aliphatic carbocycles. The first kappa shape index (κ1) is 12.8. The number of benzene rings is 1. The van der Waals surface area contributed by atoms with Crippen molar-refractivity contribution in [2.24, 2.45) is 0 Å². The van der Waals surface area contributed by atoms with Crippen molar-refractivity contribution in [2.45, 2.75) is 44.7 Å². The Balaban J connectivity index is 1.76. The summed E-state index contributed by atoms with van der Waals surface area (Å²) in [5.74, 6) is 0. The van der Waals surface area contributed by atoms with E-state index in [-0.39, 0.29) is 5.41 Å². The van der Waals surface area contributed by atoms with Crippen molar-refractivity contribution in [2.75, 3.05) is 0 Å². The molecule has 0 spiro atoms. The summed E-state index contributed by atoms with van der Waals surface area (Å²) in [6.45, 7) is 5.41. The van der Waals surface area contributed by atoms with E-state index in [1.165, 1.54) is 29.1 Å². The molecule has 0 atom stereocenters. The molecular formula is C16H20N2S. The highest BCUT2D eigenvalue weighted by atomic mass is 32.1. The highest BCUT2D eigenvalue weighted by Gasteiger charge is 2.27. The Morgan fingerprint density at radius 2 is 2.00 bits per heavy atom. The van der Waals surface area contributed by atoms with Gasteiger partial charge in [0.1, 0.15) is 5.01 Å². The molecule has 1 aliphatic rings. The maximum Gasteiger partial charge on any atom is 0.103 e. The topological polar surface area (TPSA) is 24.9 Å². The van der Waals surface area contributed by atoms with Gasteiger partial charge in [-0.25, -0.2) is 4.98 Å². The lowest BCUT2D eigenvalue weighted by atomic mass is 9.85. The van der Waals surface area contributed by atoms with Gasteiger partial charge in [0.05, 0.1) is 5.69 Å². The van der Waals surface area contributed by atoms with Crippen LogP contribution in [-0.2, 0) is 12.0 Å². The van der Waals surface area contributed by atoms with E-state index in [1.807, 2.05) is 0 Å². The molecule has 3 heteroatoms. The molecule has 1 fully saturated rings. The van der Waals surface area contributed by atoms with Gasteiger partial charge in [-0.3, -0.25) is 0 Å². The number of thiazole rings is 1. The second-order valence-corrected chi connectivity index (χ2v) is 6.65. The Bertz CT molecular complexity index is 541. The fourth-order valence-corrected chi connectivity index (χ4v) is 3.16. The molecule has 0 aliphatic heterocycles. The predicted molar refractivity (Wildman–Crippen MR) is 80.5 cm³/mol. The summed E-state index contributed by atoms with van der Waals surface area (Å²) in [7, 11) is 0. The molecule has 0 radical (unpaired) electrons. The van der Waals surface area contributed by atoms with Crippen molar-refractivity contribution >= 4 is 11.3 Å². The lowest BCUT2D eigenvalue weighted by molar-refractivity contribution is 0.622. The second kappa shape index (κ2) is 5.06. The van der Waals surface area contributed by atoms with Crippen molar-refractivity contribution < 1.29 is 0 Å². The first-order chi connectivity index (χ1) is 9.16. The van der Waals surface area contributed by atoms with Crippen LogP contribution in [-0.4, -0.2) is 11.0 Å². The van der Waals surface area contributed by atoms with Gasteiger partial charge in [-0.05, 0) is 32.3 Å². The Labute approximate surface area is 118 Å². The molecule has 0 saturated heterocycles. The van der Waals surface area contributed by atoms with Gasteiger partial charge in [0.15, 0.2) is 0 Å². The molecule has 1 aromatic heterocycles. The van der Waals surface area contributed by atoms with Crippen molar-refractivity contribution in [3.63, 3.8) is 0 Å². The lowest BCUT2D eigenvalue weighted by Gasteiger charge is -2.22. The van der Waals surface area contributed by atoms with Crippen molar-refractivity contribution in [1.29, 1.82) is 0 Å². The van der Waals surface area contributed by atoms with Crippen LogP contribution in [0.15, 0.2) is 35.7 Å². The van der Waals surface area contributed by atoms with E-state index in [0.29, 0.717) is 0 Å². The third-order valence-corrected chi connectivity index (χ3v) is 4.95. The van der Waals surface area contributed by atoms with E-state index in [0.717, 1.165) is 12.6 Å². The molecule has 0 unspecified atom stereocenters. The van der Waals surface area contributed by atoms with Crippen LogP contribution in [0.25, 0.3) is 0 Å². The summed E-state index contributed by atoms with van der Waals surface area (Å²) in [4.78, 5) is 4.81. The predicted octanol–water partition coefficient (Wildman–Crippen LogP) is 3.72. The van der Waals surface area contributed by atoms with E-state index >= 15 is 0 Å². The van der Waals surface area contributed by atoms with Crippen molar-refractivity contribution in [3.05, 3.63) is 52.0 Å². The third-order valence-electron chi connectivity index (χ3n) is 3.73. The van der Waals surface area contributed by atoms with Crippen LogP contribution in [0.2, 0.25) is 0 Å². The van der Waals surface area contributed by atoms with Crippen LogP contribution in [0.1, 0.15) is 43.0 Å². The Hall–Kier alpha value is -1.19. The zero-order valence-electron chi connectivity index (χ0n) is 11.5. The smallest absolute Gasteiger partial charge is 0.103 e. The van der Waals surface area contributed by atoms with Gasteiger partial charge in [-0.15, -0.1) is 11.3 Å². The van der Waals surface area contributed by atoms with Crippen LogP contribution in [0, 0.1) is 0 Å². The molecule has 3 rings (SSSR count). The first-order valence-corrected chi connectivity index (χ1v) is 7.78. The maximum absolute atomic E-state index is 4.81. The number of aromatic nitrogens is 1. The molecule has 0 amide bonds. The molecule has 2 aromatic rings. The van der Waals surface area contributed by atoms with E-state index in [1.54, 1.807) is 11.3 Å². The minimum absolute atomic E-state index is 0.0102. The summed E-state index contributed by atoms with van der Waals surface area (Å²) < 4.78 is 0. The summed E-state index contributed by atoms with van der Waals surface area (Å²) in [5.41, 5.74) is 2.49. The van der Waals surface area contributed by atoms with E-state index in [9.17, 15) is 0 Å². The number of rotatable bonds is 5. The normalized spacial score (nSPS) is 15.7. The fourth-order valence-electron chi connectivity index (χ4n) is 2.19. The lowest BCUT2D eigenvalue weighted by Crippen LogP contribution is -2.19. The quantitative estimate of drug-likeness (QED) is 0.897. The molecule has 1 N–H and O–H groups in total. The molecule has 1 heterocycles. The van der Waals surface area contributed by atoms with Gasteiger partial charge < -0.3 is 5.32 Å². The largest absolute Gasteiger partial charge is 0.308 e. The van der Waals surface area contributed by atoms with Crippen LogP contribution < -0.4 is 5.32 Å². The van der Waals surface area contributed by atoms with Crippen LogP contribution in [0.4, 0.5) is 0 Å². The second-order valence-electron chi connectivity index (χ2n) is 5.79. The number of nitrogens with zero attached hydrogens (tertiary/aromatic N) is 1. The first-order valence-electron chi connectivity index (χ1n) is 6.90. The Morgan fingerprint density at radius 3 is 2.68 bits per heavy atom. The van der Waals surface area contributed by atoms with Crippen LogP contribution in [0.5, 0.6) is 0 Å². The number of hydrogen-bond donors (Lipinski definition) is 1.